The fourth-order valence-corrected chi connectivity index (χ4v) is 4.67. The summed E-state index contributed by atoms with van der Waals surface area (Å²) in [6, 6.07) is 9.84. The average Bonchev–Trinajstić information content (AvgIpc) is 3.47. The molecule has 1 atom stereocenters. The molecule has 0 spiro atoms. The number of hydrogen-bond acceptors (Lipinski definition) is 6. The maximum Gasteiger partial charge on any atom is 0.410 e. The number of ether oxygens (including phenoxy) is 1. The first-order chi connectivity index (χ1) is 16.3. The van der Waals surface area contributed by atoms with E-state index in [0.717, 1.165) is 56.6 Å². The third-order valence-corrected chi connectivity index (χ3v) is 6.42. The summed E-state index contributed by atoms with van der Waals surface area (Å²) in [5.74, 6) is 0. The Morgan fingerprint density at radius 1 is 1.09 bits per heavy atom. The molecule has 5 rings (SSSR count). The molecule has 174 valence electrons. The number of pyridine rings is 1. The molecule has 0 bridgehead atoms. The molecule has 0 N–H and O–H groups in total. The second-order valence-electron chi connectivity index (χ2n) is 9.60. The van der Waals surface area contributed by atoms with E-state index >= 15 is 0 Å². The van der Waals surface area contributed by atoms with Gasteiger partial charge in [0.15, 0.2) is 0 Å². The Morgan fingerprint density at radius 2 is 1.94 bits per heavy atom. The van der Waals surface area contributed by atoms with E-state index in [1.165, 1.54) is 0 Å². The molecule has 0 saturated carbocycles. The van der Waals surface area contributed by atoms with Crippen molar-refractivity contribution in [3.63, 3.8) is 0 Å². The van der Waals surface area contributed by atoms with E-state index in [-0.39, 0.29) is 12.1 Å². The Kier molecular flexibility index (Phi) is 5.93. The summed E-state index contributed by atoms with van der Waals surface area (Å²) in [6.45, 7) is 6.37. The Morgan fingerprint density at radius 3 is 2.71 bits per heavy atom. The van der Waals surface area contributed by atoms with Crippen LogP contribution in [0.15, 0.2) is 58.4 Å². The molecule has 34 heavy (non-hydrogen) atoms. The van der Waals surface area contributed by atoms with Crippen LogP contribution in [0.4, 0.5) is 4.79 Å². The molecule has 4 heterocycles. The van der Waals surface area contributed by atoms with Gasteiger partial charge in [-0.25, -0.2) is 9.78 Å². The number of aliphatic imine (C=N–C) groups is 1. The van der Waals surface area contributed by atoms with Crippen LogP contribution in [0.25, 0.3) is 28.0 Å². The molecular weight excluding hydrogens is 494 g/mol. The van der Waals surface area contributed by atoms with E-state index in [1.807, 2.05) is 68.4 Å². The number of rotatable bonds is 3. The van der Waals surface area contributed by atoms with Crippen molar-refractivity contribution in [2.45, 2.75) is 51.7 Å². The summed E-state index contributed by atoms with van der Waals surface area (Å²) in [5, 5.41) is 0. The minimum Gasteiger partial charge on any atom is -0.444 e. The van der Waals surface area contributed by atoms with Crippen LogP contribution >= 0.6 is 15.9 Å². The molecule has 7 nitrogen and oxygen atoms in total. The maximum atomic E-state index is 12.7. The first-order valence-electron chi connectivity index (χ1n) is 11.4. The molecule has 1 fully saturated rings. The number of carbonyl (C=O) groups is 1. The molecule has 0 radical (unpaired) electrons. The summed E-state index contributed by atoms with van der Waals surface area (Å²) in [4.78, 5) is 33.0. The van der Waals surface area contributed by atoms with Crippen molar-refractivity contribution in [1.82, 2.24) is 19.9 Å². The largest absolute Gasteiger partial charge is 0.444 e. The molecule has 0 aliphatic carbocycles. The number of amides is 1. The molecule has 1 amide bonds. The Balaban J connectivity index is 1.27. The monoisotopic (exact) mass is 519 g/mol. The number of hydrogen-bond donors (Lipinski definition) is 0. The number of likely N-dealkylation sites (tertiary alicyclic amines) is 1. The number of halogens is 1. The van der Waals surface area contributed by atoms with Crippen molar-refractivity contribution in [3.05, 3.63) is 59.0 Å². The third-order valence-electron chi connectivity index (χ3n) is 5.92. The molecular formula is C26H26BrN5O2. The van der Waals surface area contributed by atoms with E-state index in [9.17, 15) is 4.79 Å². The Bertz CT molecular complexity index is 1310. The van der Waals surface area contributed by atoms with Crippen molar-refractivity contribution >= 4 is 44.3 Å². The predicted molar refractivity (Wildman–Crippen MR) is 136 cm³/mol. The number of aromatic nitrogens is 3. The van der Waals surface area contributed by atoms with Gasteiger partial charge in [-0.2, -0.15) is 0 Å². The van der Waals surface area contributed by atoms with Crippen LogP contribution in [0.3, 0.4) is 0 Å². The van der Waals surface area contributed by atoms with Gasteiger partial charge in [-0.15, -0.1) is 0 Å². The van der Waals surface area contributed by atoms with E-state index in [1.54, 1.807) is 6.20 Å². The highest BCUT2D eigenvalue weighted by atomic mass is 79.9. The van der Waals surface area contributed by atoms with Crippen LogP contribution in [0.5, 0.6) is 0 Å². The summed E-state index contributed by atoms with van der Waals surface area (Å²) >= 11 is 3.46. The predicted octanol–water partition coefficient (Wildman–Crippen LogP) is 6.04. The van der Waals surface area contributed by atoms with E-state index in [2.05, 4.69) is 30.9 Å². The SMILES string of the molecule is CC(C)(C)OC(=O)N1CCC[C@H]1C1=NC=C(c2ccc(-c3cnc4cc(Br)ccc4n3)nc2)C1. The van der Waals surface area contributed by atoms with Crippen molar-refractivity contribution in [1.29, 1.82) is 0 Å². The summed E-state index contributed by atoms with van der Waals surface area (Å²) < 4.78 is 6.58. The third kappa shape index (κ3) is 4.73. The zero-order chi connectivity index (χ0) is 23.9. The van der Waals surface area contributed by atoms with Crippen LogP contribution in [-0.4, -0.2) is 49.8 Å². The number of fused-ring (bicyclic) bond motifs is 1. The first kappa shape index (κ1) is 22.7. The highest BCUT2D eigenvalue weighted by Gasteiger charge is 2.36. The van der Waals surface area contributed by atoms with Gasteiger partial charge in [-0.1, -0.05) is 22.0 Å². The normalized spacial score (nSPS) is 18.2. The lowest BCUT2D eigenvalue weighted by molar-refractivity contribution is 0.0265. The van der Waals surface area contributed by atoms with Crippen LogP contribution in [0.2, 0.25) is 0 Å². The number of allylic oxidation sites excluding steroid dienone is 1. The van der Waals surface area contributed by atoms with Gasteiger partial charge in [0.2, 0.25) is 0 Å². The molecule has 1 saturated heterocycles. The fraction of sp³-hybridized carbons (Fsp3) is 0.346. The van der Waals surface area contributed by atoms with Crippen LogP contribution in [0, 0.1) is 0 Å². The van der Waals surface area contributed by atoms with Crippen molar-refractivity contribution in [3.8, 4) is 11.4 Å². The highest BCUT2D eigenvalue weighted by molar-refractivity contribution is 9.10. The van der Waals surface area contributed by atoms with Crippen LogP contribution in [0.1, 0.15) is 45.6 Å². The lowest BCUT2D eigenvalue weighted by atomic mass is 9.99. The van der Waals surface area contributed by atoms with E-state index in [4.69, 9.17) is 9.72 Å². The minimum absolute atomic E-state index is 0.0104. The average molecular weight is 520 g/mol. The zero-order valence-electron chi connectivity index (χ0n) is 19.5. The lowest BCUT2D eigenvalue weighted by Gasteiger charge is -2.28. The summed E-state index contributed by atoms with van der Waals surface area (Å²) in [7, 11) is 0. The van der Waals surface area contributed by atoms with E-state index in [0.29, 0.717) is 13.0 Å². The van der Waals surface area contributed by atoms with Crippen molar-refractivity contribution in [2.75, 3.05) is 6.54 Å². The maximum absolute atomic E-state index is 12.7. The number of benzene rings is 1. The van der Waals surface area contributed by atoms with Gasteiger partial charge in [0, 0.05) is 35.5 Å². The molecule has 2 aromatic heterocycles. The second kappa shape index (κ2) is 8.91. The smallest absolute Gasteiger partial charge is 0.410 e. The molecule has 1 aromatic carbocycles. The Labute approximate surface area is 207 Å². The van der Waals surface area contributed by atoms with Gasteiger partial charge >= 0.3 is 6.09 Å². The summed E-state index contributed by atoms with van der Waals surface area (Å²) in [6.07, 6.45) is 7.80. The minimum atomic E-state index is -0.509. The quantitative estimate of drug-likeness (QED) is 0.421. The van der Waals surface area contributed by atoms with Gasteiger partial charge < -0.3 is 4.74 Å². The molecule has 2 aliphatic heterocycles. The van der Waals surface area contributed by atoms with Crippen LogP contribution < -0.4 is 0 Å². The zero-order valence-corrected chi connectivity index (χ0v) is 21.0. The highest BCUT2D eigenvalue weighted by Crippen LogP contribution is 2.31. The molecule has 3 aromatic rings. The van der Waals surface area contributed by atoms with Gasteiger partial charge in [0.25, 0.3) is 0 Å². The molecule has 2 aliphatic rings. The molecule has 8 heteroatoms. The molecule has 0 unspecified atom stereocenters. The summed E-state index contributed by atoms with van der Waals surface area (Å²) in [5.41, 5.74) is 5.78. The van der Waals surface area contributed by atoms with Gasteiger partial charge in [0.05, 0.1) is 29.0 Å². The number of carbonyl (C=O) groups excluding carboxylic acids is 1. The van der Waals surface area contributed by atoms with Gasteiger partial charge in [-0.3, -0.25) is 19.9 Å². The lowest BCUT2D eigenvalue weighted by Crippen LogP contribution is -2.43. The fourth-order valence-electron chi connectivity index (χ4n) is 4.32. The van der Waals surface area contributed by atoms with Gasteiger partial charge in [-0.05, 0) is 69.0 Å². The van der Waals surface area contributed by atoms with Crippen molar-refractivity contribution in [2.24, 2.45) is 4.99 Å². The topological polar surface area (TPSA) is 80.6 Å². The Hall–Kier alpha value is -3.13. The van der Waals surface area contributed by atoms with Crippen molar-refractivity contribution < 1.29 is 9.53 Å². The van der Waals surface area contributed by atoms with Crippen LogP contribution in [-0.2, 0) is 4.74 Å². The van der Waals surface area contributed by atoms with Gasteiger partial charge in [0.1, 0.15) is 11.3 Å². The standard InChI is InChI=1S/C26H26BrN5O2/c1-26(2,3)34-25(33)32-10-4-5-24(32)22-11-17(14-29-22)16-6-8-19(28-13-16)23-15-30-21-12-18(27)7-9-20(21)31-23/h6-9,12-15,24H,4-5,10-11H2,1-3H3/t24-/m0/s1. The first-order valence-corrected chi connectivity index (χ1v) is 12.2. The van der Waals surface area contributed by atoms with E-state index < -0.39 is 5.60 Å². The number of nitrogens with zero attached hydrogens (tertiary/aromatic N) is 5. The second-order valence-corrected chi connectivity index (χ2v) is 10.5.